The lowest BCUT2D eigenvalue weighted by atomic mass is 9.87. The van der Waals surface area contributed by atoms with Crippen molar-refractivity contribution in [3.8, 4) is 0 Å². The van der Waals surface area contributed by atoms with Gasteiger partial charge >= 0.3 is 5.97 Å². The second kappa shape index (κ2) is 6.41. The third kappa shape index (κ3) is 4.02. The first-order valence-electron chi connectivity index (χ1n) is 6.50. The summed E-state index contributed by atoms with van der Waals surface area (Å²) in [6.45, 7) is 0. The van der Waals surface area contributed by atoms with Crippen LogP contribution >= 0.6 is 15.9 Å². The summed E-state index contributed by atoms with van der Waals surface area (Å²) in [6, 6.07) is 3.14. The number of carboxylic acids is 1. The van der Waals surface area contributed by atoms with Gasteiger partial charge in [0, 0.05) is 10.5 Å². The van der Waals surface area contributed by atoms with E-state index in [4.69, 9.17) is 5.11 Å². The lowest BCUT2D eigenvalue weighted by Crippen LogP contribution is -2.38. The zero-order valence-corrected chi connectivity index (χ0v) is 13.5. The first kappa shape index (κ1) is 16.4. The molecule has 1 aliphatic carbocycles. The Hall–Kier alpha value is -0.990. The zero-order valence-electron chi connectivity index (χ0n) is 11.1. The largest absolute Gasteiger partial charge is 0.481 e. The van der Waals surface area contributed by atoms with Crippen molar-refractivity contribution in [3.05, 3.63) is 28.5 Å². The van der Waals surface area contributed by atoms with Crippen LogP contribution in [0, 0.1) is 11.7 Å². The van der Waals surface area contributed by atoms with Gasteiger partial charge in [0.15, 0.2) is 0 Å². The average Bonchev–Trinajstić information content (AvgIpc) is 2.41. The second-order valence-electron chi connectivity index (χ2n) is 5.08. The molecule has 8 heteroatoms. The predicted octanol–water partition coefficient (Wildman–Crippen LogP) is 2.51. The minimum Gasteiger partial charge on any atom is -0.481 e. The molecular weight excluding hydrogens is 365 g/mol. The normalized spacial score (nSPS) is 23.0. The van der Waals surface area contributed by atoms with Gasteiger partial charge in [-0.25, -0.2) is 17.5 Å². The molecule has 0 radical (unpaired) electrons. The van der Waals surface area contributed by atoms with Gasteiger partial charge in [-0.3, -0.25) is 4.79 Å². The molecule has 0 amide bonds. The highest BCUT2D eigenvalue weighted by Gasteiger charge is 2.29. The van der Waals surface area contributed by atoms with Crippen LogP contribution < -0.4 is 4.72 Å². The van der Waals surface area contributed by atoms with Crippen molar-refractivity contribution in [2.75, 3.05) is 0 Å². The molecule has 1 aromatic rings. The van der Waals surface area contributed by atoms with E-state index in [1.807, 2.05) is 0 Å². The Bertz CT molecular complexity index is 642. The van der Waals surface area contributed by atoms with Gasteiger partial charge in [0.25, 0.3) is 0 Å². The molecule has 2 rings (SSSR count). The van der Waals surface area contributed by atoms with E-state index in [9.17, 15) is 17.6 Å². The molecule has 1 aliphatic rings. The highest BCUT2D eigenvalue weighted by atomic mass is 79.9. The van der Waals surface area contributed by atoms with Crippen molar-refractivity contribution in [1.29, 1.82) is 0 Å². The fraction of sp³-hybridized carbons (Fsp3) is 0.462. The standard InChI is InChI=1S/C13H15BrFNO4S/c14-11-6-3-9(15)7-12(11)21(19,20)16-10-4-1-8(2-5-10)13(17)18/h3,6-8,10,16H,1-2,4-5H2,(H,17,18). The lowest BCUT2D eigenvalue weighted by Gasteiger charge is -2.26. The monoisotopic (exact) mass is 379 g/mol. The van der Waals surface area contributed by atoms with E-state index in [0.29, 0.717) is 25.7 Å². The van der Waals surface area contributed by atoms with Crippen LogP contribution in [0.3, 0.4) is 0 Å². The zero-order chi connectivity index (χ0) is 15.6. The summed E-state index contributed by atoms with van der Waals surface area (Å²) < 4.78 is 40.6. The van der Waals surface area contributed by atoms with Crippen LogP contribution in [0.4, 0.5) is 4.39 Å². The Labute approximate surface area is 130 Å². The number of carbonyl (C=O) groups is 1. The molecule has 1 fully saturated rings. The number of benzene rings is 1. The Balaban J connectivity index is 2.09. The van der Waals surface area contributed by atoms with E-state index in [0.717, 1.165) is 6.07 Å². The molecule has 0 atom stereocenters. The highest BCUT2D eigenvalue weighted by molar-refractivity contribution is 9.10. The first-order chi connectivity index (χ1) is 9.79. The van der Waals surface area contributed by atoms with Crippen molar-refractivity contribution in [2.24, 2.45) is 5.92 Å². The molecule has 1 saturated carbocycles. The van der Waals surface area contributed by atoms with Crippen LogP contribution in [0.25, 0.3) is 0 Å². The molecule has 0 spiro atoms. The molecule has 0 unspecified atom stereocenters. The molecule has 0 bridgehead atoms. The van der Waals surface area contributed by atoms with E-state index in [2.05, 4.69) is 20.7 Å². The molecule has 0 aliphatic heterocycles. The smallest absolute Gasteiger partial charge is 0.306 e. The van der Waals surface area contributed by atoms with E-state index >= 15 is 0 Å². The van der Waals surface area contributed by atoms with Gasteiger partial charge in [-0.1, -0.05) is 0 Å². The van der Waals surface area contributed by atoms with Crippen molar-refractivity contribution in [1.82, 2.24) is 4.72 Å². The molecule has 0 aromatic heterocycles. The molecule has 0 heterocycles. The molecular formula is C13H15BrFNO4S. The SMILES string of the molecule is O=C(O)C1CCC(NS(=O)(=O)c2cc(F)ccc2Br)CC1. The molecule has 1 aromatic carbocycles. The van der Waals surface area contributed by atoms with Gasteiger partial charge in [0.1, 0.15) is 5.82 Å². The van der Waals surface area contributed by atoms with E-state index in [-0.39, 0.29) is 15.4 Å². The average molecular weight is 380 g/mol. The van der Waals surface area contributed by atoms with Gasteiger partial charge in [-0.15, -0.1) is 0 Å². The maximum Gasteiger partial charge on any atom is 0.306 e. The second-order valence-corrected chi connectivity index (χ2v) is 7.62. The predicted molar refractivity (Wildman–Crippen MR) is 77.8 cm³/mol. The van der Waals surface area contributed by atoms with E-state index in [1.54, 1.807) is 0 Å². The summed E-state index contributed by atoms with van der Waals surface area (Å²) in [5.74, 6) is -1.89. The fourth-order valence-corrected chi connectivity index (χ4v) is 4.70. The minimum absolute atomic E-state index is 0.150. The summed E-state index contributed by atoms with van der Waals surface area (Å²) in [5, 5.41) is 8.92. The third-order valence-electron chi connectivity index (χ3n) is 3.58. The summed E-state index contributed by atoms with van der Waals surface area (Å²) in [7, 11) is -3.84. The van der Waals surface area contributed by atoms with E-state index in [1.165, 1.54) is 12.1 Å². The van der Waals surface area contributed by atoms with Crippen LogP contribution in [0.15, 0.2) is 27.6 Å². The van der Waals surface area contributed by atoms with Crippen molar-refractivity contribution in [2.45, 2.75) is 36.6 Å². The molecule has 21 heavy (non-hydrogen) atoms. The van der Waals surface area contributed by atoms with Gasteiger partial charge < -0.3 is 5.11 Å². The number of nitrogens with one attached hydrogen (secondary N) is 1. The van der Waals surface area contributed by atoms with Gasteiger partial charge in [0.05, 0.1) is 10.8 Å². The van der Waals surface area contributed by atoms with Gasteiger partial charge in [0.2, 0.25) is 10.0 Å². The molecule has 2 N–H and O–H groups in total. The number of hydrogen-bond donors (Lipinski definition) is 2. The topological polar surface area (TPSA) is 83.5 Å². The third-order valence-corrected chi connectivity index (χ3v) is 6.10. The summed E-state index contributed by atoms with van der Waals surface area (Å²) >= 11 is 3.10. The summed E-state index contributed by atoms with van der Waals surface area (Å²) in [5.41, 5.74) is 0. The maximum absolute atomic E-state index is 13.2. The van der Waals surface area contributed by atoms with Crippen LogP contribution in [0.2, 0.25) is 0 Å². The Morgan fingerprint density at radius 2 is 1.90 bits per heavy atom. The Morgan fingerprint density at radius 1 is 1.29 bits per heavy atom. The maximum atomic E-state index is 13.2. The van der Waals surface area contributed by atoms with Crippen LogP contribution in [0.1, 0.15) is 25.7 Å². The van der Waals surface area contributed by atoms with Crippen molar-refractivity contribution < 1.29 is 22.7 Å². The number of sulfonamides is 1. The van der Waals surface area contributed by atoms with Crippen LogP contribution in [0.5, 0.6) is 0 Å². The highest BCUT2D eigenvalue weighted by Crippen LogP contribution is 2.27. The Kier molecular flexibility index (Phi) is 5.00. The summed E-state index contributed by atoms with van der Waals surface area (Å²) in [6.07, 6.45) is 1.80. The van der Waals surface area contributed by atoms with Gasteiger partial charge in [-0.05, 0) is 59.8 Å². The molecule has 0 saturated heterocycles. The van der Waals surface area contributed by atoms with Gasteiger partial charge in [-0.2, -0.15) is 0 Å². The number of halogens is 2. The fourth-order valence-electron chi connectivity index (χ4n) is 2.42. The number of rotatable bonds is 4. The lowest BCUT2D eigenvalue weighted by molar-refractivity contribution is -0.142. The molecule has 5 nitrogen and oxygen atoms in total. The van der Waals surface area contributed by atoms with Crippen molar-refractivity contribution >= 4 is 31.9 Å². The minimum atomic E-state index is -3.84. The number of aliphatic carboxylic acids is 1. The van der Waals surface area contributed by atoms with Crippen LogP contribution in [-0.4, -0.2) is 25.5 Å². The van der Waals surface area contributed by atoms with Crippen molar-refractivity contribution in [3.63, 3.8) is 0 Å². The van der Waals surface area contributed by atoms with Crippen LogP contribution in [-0.2, 0) is 14.8 Å². The quantitative estimate of drug-likeness (QED) is 0.841. The Morgan fingerprint density at radius 3 is 2.48 bits per heavy atom. The number of hydrogen-bond acceptors (Lipinski definition) is 3. The van der Waals surface area contributed by atoms with E-state index < -0.39 is 27.7 Å². The first-order valence-corrected chi connectivity index (χ1v) is 8.77. The number of carboxylic acid groups (broad SMARTS) is 1. The summed E-state index contributed by atoms with van der Waals surface area (Å²) in [4.78, 5) is 10.7. The molecule has 116 valence electrons.